The van der Waals surface area contributed by atoms with Gasteiger partial charge in [0.05, 0.1) is 12.5 Å². The molecule has 4 amide bonds. The van der Waals surface area contributed by atoms with Crippen LogP contribution in [-0.2, 0) is 30.4 Å². The molecule has 0 radical (unpaired) electrons. The van der Waals surface area contributed by atoms with Gasteiger partial charge in [-0.2, -0.15) is 0 Å². The Labute approximate surface area is 197 Å². The number of aromatic hydroxyl groups is 1. The van der Waals surface area contributed by atoms with Gasteiger partial charge in [-0.15, -0.1) is 0 Å². The molecule has 0 aliphatic heterocycles. The van der Waals surface area contributed by atoms with Gasteiger partial charge in [-0.25, -0.2) is 4.79 Å². The van der Waals surface area contributed by atoms with Gasteiger partial charge in [0.15, 0.2) is 0 Å². The molecule has 0 fully saturated rings. The first-order valence-corrected chi connectivity index (χ1v) is 10.8. The summed E-state index contributed by atoms with van der Waals surface area (Å²) >= 11 is 0. The molecule has 0 heterocycles. The van der Waals surface area contributed by atoms with Gasteiger partial charge in [0, 0.05) is 6.42 Å². The van der Waals surface area contributed by atoms with Crippen molar-refractivity contribution < 1.29 is 34.2 Å². The fourth-order valence-corrected chi connectivity index (χ4v) is 3.04. The molecule has 0 spiro atoms. The highest BCUT2D eigenvalue weighted by Crippen LogP contribution is 2.12. The lowest BCUT2D eigenvalue weighted by Crippen LogP contribution is -2.57. The van der Waals surface area contributed by atoms with E-state index in [1.54, 1.807) is 0 Å². The van der Waals surface area contributed by atoms with Crippen molar-refractivity contribution in [3.8, 4) is 5.75 Å². The van der Waals surface area contributed by atoms with Crippen LogP contribution in [0.5, 0.6) is 5.75 Å². The molecule has 0 aliphatic rings. The van der Waals surface area contributed by atoms with Gasteiger partial charge in [0.25, 0.3) is 0 Å². The molecular weight excluding hydrogens is 446 g/mol. The number of phenols is 1. The third-order valence-corrected chi connectivity index (χ3v) is 4.84. The maximum atomic E-state index is 12.7. The van der Waals surface area contributed by atoms with Crippen LogP contribution in [-0.4, -0.2) is 64.0 Å². The minimum atomic E-state index is -1.27. The second-order valence-corrected chi connectivity index (χ2v) is 8.47. The highest BCUT2D eigenvalue weighted by atomic mass is 16.4. The first kappa shape index (κ1) is 28.4. The summed E-state index contributed by atoms with van der Waals surface area (Å²) in [6.45, 7) is 5.03. The fourth-order valence-electron chi connectivity index (χ4n) is 3.04. The fraction of sp³-hybridized carbons (Fsp3) is 0.500. The Morgan fingerprint density at radius 3 is 1.94 bits per heavy atom. The zero-order chi connectivity index (χ0) is 26.0. The topological polar surface area (TPSA) is 214 Å². The average Bonchev–Trinajstić information content (AvgIpc) is 2.73. The molecule has 1 aromatic carbocycles. The summed E-state index contributed by atoms with van der Waals surface area (Å²) in [5.41, 5.74) is 11.2. The minimum Gasteiger partial charge on any atom is -0.508 e. The number of hydrogen-bond donors (Lipinski definition) is 7. The zero-order valence-electron chi connectivity index (χ0n) is 19.4. The number of nitrogens with two attached hydrogens (primary N) is 2. The standard InChI is InChI=1S/C22H33N5O7/c1-11(2)8-16(26-20(31)15(23)10-18(24)29)21(32)25-12(3)19(30)27-17(22(33)34)9-13-4-6-14(28)7-5-13/h4-7,11-12,15-17,28H,8-10,23H2,1-3H3,(H2,24,29)(H,25,32)(H,26,31)(H,27,30)(H,33,34). The van der Waals surface area contributed by atoms with Crippen molar-refractivity contribution in [3.63, 3.8) is 0 Å². The number of amides is 4. The number of carboxylic acid groups (broad SMARTS) is 1. The molecule has 4 unspecified atom stereocenters. The Balaban J connectivity index is 2.80. The molecule has 0 aromatic heterocycles. The van der Waals surface area contributed by atoms with E-state index in [-0.39, 0.29) is 24.5 Å². The van der Waals surface area contributed by atoms with Gasteiger partial charge in [-0.05, 0) is 37.0 Å². The van der Waals surface area contributed by atoms with Crippen LogP contribution in [0.4, 0.5) is 0 Å². The molecule has 0 saturated heterocycles. The molecule has 188 valence electrons. The summed E-state index contributed by atoms with van der Waals surface area (Å²) in [6, 6.07) is 1.23. The van der Waals surface area contributed by atoms with E-state index in [1.807, 2.05) is 13.8 Å². The molecule has 9 N–H and O–H groups in total. The van der Waals surface area contributed by atoms with E-state index in [0.717, 1.165) is 0 Å². The molecular formula is C22H33N5O7. The van der Waals surface area contributed by atoms with Gasteiger partial charge in [0.2, 0.25) is 23.6 Å². The van der Waals surface area contributed by atoms with Crippen LogP contribution < -0.4 is 27.4 Å². The number of primary amides is 1. The number of phenolic OH excluding ortho intramolecular Hbond substituents is 1. The monoisotopic (exact) mass is 479 g/mol. The number of rotatable bonds is 13. The van der Waals surface area contributed by atoms with Crippen molar-refractivity contribution in [3.05, 3.63) is 29.8 Å². The van der Waals surface area contributed by atoms with Gasteiger partial charge in [-0.3, -0.25) is 19.2 Å². The van der Waals surface area contributed by atoms with E-state index in [4.69, 9.17) is 11.5 Å². The van der Waals surface area contributed by atoms with Gasteiger partial charge < -0.3 is 37.6 Å². The molecule has 0 saturated carbocycles. The number of hydrogen-bond acceptors (Lipinski definition) is 7. The molecule has 0 bridgehead atoms. The van der Waals surface area contributed by atoms with E-state index in [1.165, 1.54) is 31.2 Å². The van der Waals surface area contributed by atoms with E-state index >= 15 is 0 Å². The molecule has 0 aliphatic carbocycles. The largest absolute Gasteiger partial charge is 0.508 e. The lowest BCUT2D eigenvalue weighted by molar-refractivity contribution is -0.142. The maximum Gasteiger partial charge on any atom is 0.326 e. The Morgan fingerprint density at radius 2 is 1.44 bits per heavy atom. The predicted octanol–water partition coefficient (Wildman–Crippen LogP) is -1.26. The second-order valence-electron chi connectivity index (χ2n) is 8.47. The zero-order valence-corrected chi connectivity index (χ0v) is 19.4. The van der Waals surface area contributed by atoms with Crippen LogP contribution in [0.2, 0.25) is 0 Å². The van der Waals surface area contributed by atoms with Gasteiger partial charge in [0.1, 0.15) is 23.9 Å². The Bertz CT molecular complexity index is 888. The Kier molecular flexibility index (Phi) is 11.0. The van der Waals surface area contributed by atoms with E-state index in [0.29, 0.717) is 5.56 Å². The second kappa shape index (κ2) is 13.1. The first-order valence-electron chi connectivity index (χ1n) is 10.8. The van der Waals surface area contributed by atoms with Crippen molar-refractivity contribution in [1.29, 1.82) is 0 Å². The molecule has 12 nitrogen and oxygen atoms in total. The van der Waals surface area contributed by atoms with Crippen molar-refractivity contribution in [1.82, 2.24) is 16.0 Å². The molecule has 34 heavy (non-hydrogen) atoms. The smallest absolute Gasteiger partial charge is 0.326 e. The average molecular weight is 480 g/mol. The highest BCUT2D eigenvalue weighted by molar-refractivity contribution is 5.94. The Morgan fingerprint density at radius 1 is 0.882 bits per heavy atom. The summed E-state index contributed by atoms with van der Waals surface area (Å²) in [4.78, 5) is 60.1. The van der Waals surface area contributed by atoms with Crippen molar-refractivity contribution >= 4 is 29.6 Å². The predicted molar refractivity (Wildman–Crippen MR) is 122 cm³/mol. The third kappa shape index (κ3) is 9.86. The third-order valence-electron chi connectivity index (χ3n) is 4.84. The number of carbonyl (C=O) groups excluding carboxylic acids is 4. The van der Waals surface area contributed by atoms with Gasteiger partial charge in [-0.1, -0.05) is 26.0 Å². The summed E-state index contributed by atoms with van der Waals surface area (Å²) < 4.78 is 0. The summed E-state index contributed by atoms with van der Waals surface area (Å²) in [7, 11) is 0. The lowest BCUT2D eigenvalue weighted by atomic mass is 10.0. The van der Waals surface area contributed by atoms with Crippen molar-refractivity contribution in [2.45, 2.75) is 64.2 Å². The maximum absolute atomic E-state index is 12.7. The molecule has 1 aromatic rings. The van der Waals surface area contributed by atoms with E-state index in [9.17, 15) is 34.2 Å². The van der Waals surface area contributed by atoms with E-state index < -0.39 is 60.2 Å². The summed E-state index contributed by atoms with van der Waals surface area (Å²) in [5, 5.41) is 26.1. The van der Waals surface area contributed by atoms with E-state index in [2.05, 4.69) is 16.0 Å². The number of carbonyl (C=O) groups is 5. The summed E-state index contributed by atoms with van der Waals surface area (Å²) in [5.74, 6) is -4.16. The SMILES string of the molecule is CC(C)CC(NC(=O)C(N)CC(N)=O)C(=O)NC(C)C(=O)NC(Cc1ccc(O)cc1)C(=O)O. The number of nitrogens with one attached hydrogen (secondary N) is 3. The van der Waals surface area contributed by atoms with Crippen molar-refractivity contribution in [2.75, 3.05) is 0 Å². The first-order chi connectivity index (χ1) is 15.8. The molecule has 12 heteroatoms. The minimum absolute atomic E-state index is 0.00533. The number of aliphatic carboxylic acids is 1. The van der Waals surface area contributed by atoms with Gasteiger partial charge >= 0.3 is 5.97 Å². The highest BCUT2D eigenvalue weighted by Gasteiger charge is 2.29. The number of benzene rings is 1. The molecule has 1 rings (SSSR count). The van der Waals surface area contributed by atoms with Crippen LogP contribution in [0.1, 0.15) is 39.2 Å². The Hall–Kier alpha value is -3.67. The quantitative estimate of drug-likeness (QED) is 0.181. The lowest BCUT2D eigenvalue weighted by Gasteiger charge is -2.24. The summed E-state index contributed by atoms with van der Waals surface area (Å²) in [6.07, 6.45) is -0.197. The van der Waals surface area contributed by atoms with Crippen LogP contribution in [0.3, 0.4) is 0 Å². The van der Waals surface area contributed by atoms with Crippen LogP contribution in [0.25, 0.3) is 0 Å². The molecule has 4 atom stereocenters. The number of carboxylic acids is 1. The van der Waals surface area contributed by atoms with Crippen molar-refractivity contribution in [2.24, 2.45) is 17.4 Å². The van der Waals surface area contributed by atoms with Crippen LogP contribution >= 0.6 is 0 Å². The van der Waals surface area contributed by atoms with Crippen LogP contribution in [0, 0.1) is 5.92 Å². The normalized spacial score (nSPS) is 14.4. The van der Waals surface area contributed by atoms with Crippen LogP contribution in [0.15, 0.2) is 24.3 Å².